The van der Waals surface area contributed by atoms with Gasteiger partial charge in [-0.25, -0.2) is 0 Å². The Kier molecular flexibility index (Phi) is 5.03. The maximum absolute atomic E-state index is 2.44. The van der Waals surface area contributed by atoms with Crippen LogP contribution in [0.4, 0.5) is 0 Å². The largest absolute Gasteiger partial charge is 0.149 e. The van der Waals surface area contributed by atoms with E-state index < -0.39 is 7.22 Å². The zero-order chi connectivity index (χ0) is 14.9. The summed E-state index contributed by atoms with van der Waals surface area (Å²) in [6.45, 7) is 14.6. The van der Waals surface area contributed by atoms with Crippen molar-refractivity contribution in [3.8, 4) is 0 Å². The highest BCUT2D eigenvalue weighted by atomic mass is 32.4. The fraction of sp³-hybridized carbons (Fsp3) is 0.529. The molecule has 0 bridgehead atoms. The van der Waals surface area contributed by atoms with Crippen LogP contribution in [0.25, 0.3) is 10.1 Å². The molecule has 0 aliphatic carbocycles. The molecule has 0 N–H and O–H groups in total. The van der Waals surface area contributed by atoms with Crippen molar-refractivity contribution >= 4 is 39.9 Å². The van der Waals surface area contributed by atoms with Gasteiger partial charge in [0.05, 0.1) is 0 Å². The van der Waals surface area contributed by atoms with Crippen LogP contribution < -0.4 is 0 Å². The third-order valence-corrected chi connectivity index (χ3v) is 17.8. The topological polar surface area (TPSA) is 0 Å². The highest BCUT2D eigenvalue weighted by Gasteiger charge is 2.44. The lowest BCUT2D eigenvalue weighted by molar-refractivity contribution is 0.851. The first-order valence-corrected chi connectivity index (χ1v) is 12.2. The lowest BCUT2D eigenvalue weighted by Gasteiger charge is -2.42. The monoisotopic (exact) mass is 322 g/mol. The Morgan fingerprint density at radius 3 is 2.00 bits per heavy atom. The van der Waals surface area contributed by atoms with Gasteiger partial charge in [-0.05, 0) is 22.7 Å². The van der Waals surface area contributed by atoms with Crippen molar-refractivity contribution in [2.45, 2.75) is 63.1 Å². The molecule has 2 rings (SSSR count). The van der Waals surface area contributed by atoms with Crippen LogP contribution in [0.3, 0.4) is 0 Å². The molecule has 3 heteroatoms. The number of benzene rings is 1. The van der Waals surface area contributed by atoms with Gasteiger partial charge in [0.1, 0.15) is 7.22 Å². The Hall–Kier alpha value is -0.253. The summed E-state index contributed by atoms with van der Waals surface area (Å²) in [7, 11) is -1.43. The van der Waals surface area contributed by atoms with E-state index >= 15 is 0 Å². The van der Waals surface area contributed by atoms with Gasteiger partial charge in [-0.2, -0.15) is 0 Å². The van der Waals surface area contributed by atoms with Crippen molar-refractivity contribution in [3.63, 3.8) is 0 Å². The molecule has 0 fully saturated rings. The molecule has 1 aromatic heterocycles. The number of thiophene rings is 1. The summed E-state index contributed by atoms with van der Waals surface area (Å²) in [5.41, 5.74) is 2.39. The van der Waals surface area contributed by atoms with Crippen LogP contribution in [0, 0.1) is 0 Å². The first-order chi connectivity index (χ1) is 9.39. The molecule has 0 spiro atoms. The van der Waals surface area contributed by atoms with E-state index in [-0.39, 0.29) is 0 Å². The molecule has 1 aromatic carbocycles. The summed E-state index contributed by atoms with van der Waals surface area (Å²) in [4.78, 5) is 1.52. The summed E-state index contributed by atoms with van der Waals surface area (Å²) in [5.74, 6) is 0. The van der Waals surface area contributed by atoms with Gasteiger partial charge in [0.15, 0.2) is 0 Å². The van der Waals surface area contributed by atoms with Gasteiger partial charge in [0.2, 0.25) is 0 Å². The molecule has 0 aliphatic rings. The minimum atomic E-state index is -1.43. The summed E-state index contributed by atoms with van der Waals surface area (Å²) in [5, 5.41) is 3.84. The summed E-state index contributed by atoms with van der Waals surface area (Å²) in [6, 6.07) is 8.84. The molecule has 0 saturated heterocycles. The highest BCUT2D eigenvalue weighted by Crippen LogP contribution is 2.53. The van der Waals surface area contributed by atoms with Crippen molar-refractivity contribution in [3.05, 3.63) is 29.6 Å². The van der Waals surface area contributed by atoms with Crippen LogP contribution in [0.1, 0.15) is 41.5 Å². The molecular formula is C17H26S2Si. The Labute approximate surface area is 132 Å². The molecule has 0 saturated carbocycles. The molecular weight excluding hydrogens is 296 g/mol. The first kappa shape index (κ1) is 16.1. The second kappa shape index (κ2) is 6.25. The Bertz CT molecular complexity index is 547. The van der Waals surface area contributed by atoms with E-state index in [9.17, 15) is 0 Å². The Morgan fingerprint density at radius 1 is 0.900 bits per heavy atom. The summed E-state index contributed by atoms with van der Waals surface area (Å²) >= 11 is 4.14. The SMILES string of the molecule is CC(C)[Si](Sc1csc2ccccc12)(C(C)C)C(C)C. The predicted octanol–water partition coefficient (Wildman–Crippen LogP) is 7.17. The second-order valence-corrected chi connectivity index (χ2v) is 16.0. The van der Waals surface area contributed by atoms with Gasteiger partial charge in [-0.1, -0.05) is 59.7 Å². The van der Waals surface area contributed by atoms with E-state index in [1.807, 2.05) is 11.3 Å². The molecule has 1 heterocycles. The molecule has 20 heavy (non-hydrogen) atoms. The van der Waals surface area contributed by atoms with Crippen molar-refractivity contribution in [1.82, 2.24) is 0 Å². The zero-order valence-corrected chi connectivity index (χ0v) is 16.1. The van der Waals surface area contributed by atoms with Crippen LogP contribution >= 0.6 is 22.5 Å². The van der Waals surface area contributed by atoms with Gasteiger partial charge >= 0.3 is 0 Å². The highest BCUT2D eigenvalue weighted by molar-refractivity contribution is 8.29. The maximum atomic E-state index is 2.44. The number of hydrogen-bond donors (Lipinski definition) is 0. The first-order valence-electron chi connectivity index (χ1n) is 7.54. The van der Waals surface area contributed by atoms with Crippen LogP contribution in [0.5, 0.6) is 0 Å². The normalized spacial score (nSPS) is 13.1. The zero-order valence-electron chi connectivity index (χ0n) is 13.4. The van der Waals surface area contributed by atoms with E-state index in [0.717, 1.165) is 16.6 Å². The van der Waals surface area contributed by atoms with Crippen LogP contribution in [0.15, 0.2) is 34.5 Å². The van der Waals surface area contributed by atoms with Crippen molar-refractivity contribution < 1.29 is 0 Å². The number of hydrogen-bond acceptors (Lipinski definition) is 2. The summed E-state index contributed by atoms with van der Waals surface area (Å²) < 4.78 is 1.43. The number of rotatable bonds is 5. The van der Waals surface area contributed by atoms with E-state index in [0.29, 0.717) is 0 Å². The Balaban J connectivity index is 2.47. The molecule has 110 valence electrons. The average molecular weight is 323 g/mol. The molecule has 0 amide bonds. The van der Waals surface area contributed by atoms with Gasteiger partial charge in [-0.3, -0.25) is 0 Å². The molecule has 0 aliphatic heterocycles. The molecule has 2 aromatic rings. The molecule has 0 nitrogen and oxygen atoms in total. The van der Waals surface area contributed by atoms with Gasteiger partial charge in [0.25, 0.3) is 0 Å². The van der Waals surface area contributed by atoms with Crippen molar-refractivity contribution in [2.75, 3.05) is 0 Å². The third-order valence-electron chi connectivity index (χ3n) is 4.44. The lowest BCUT2D eigenvalue weighted by atomic mass is 10.3. The quantitative estimate of drug-likeness (QED) is 0.526. The molecule has 0 radical (unpaired) electrons. The van der Waals surface area contributed by atoms with Gasteiger partial charge < -0.3 is 0 Å². The standard InChI is InChI=1S/C17H26S2Si/c1-12(2)20(13(3)4,14(5)6)19-17-11-18-16-10-8-7-9-15(16)17/h7-14H,1-6H3. The Morgan fingerprint density at radius 2 is 1.45 bits per heavy atom. The van der Waals surface area contributed by atoms with Crippen molar-refractivity contribution in [1.29, 1.82) is 0 Å². The van der Waals surface area contributed by atoms with Crippen LogP contribution in [0.2, 0.25) is 16.6 Å². The van der Waals surface area contributed by atoms with Crippen LogP contribution in [-0.2, 0) is 0 Å². The van der Waals surface area contributed by atoms with E-state index in [2.05, 4.69) is 82.4 Å². The van der Waals surface area contributed by atoms with Crippen LogP contribution in [-0.4, -0.2) is 7.22 Å². The maximum Gasteiger partial charge on any atom is 0.131 e. The van der Waals surface area contributed by atoms with Gasteiger partial charge in [-0.15, -0.1) is 22.5 Å². The van der Waals surface area contributed by atoms with Crippen molar-refractivity contribution in [2.24, 2.45) is 0 Å². The fourth-order valence-electron chi connectivity index (χ4n) is 3.58. The van der Waals surface area contributed by atoms with E-state index in [1.165, 1.54) is 15.0 Å². The average Bonchev–Trinajstić information content (AvgIpc) is 2.77. The minimum absolute atomic E-state index is 0.797. The molecule has 0 atom stereocenters. The minimum Gasteiger partial charge on any atom is -0.149 e. The molecule has 0 unspecified atom stereocenters. The van der Waals surface area contributed by atoms with Gasteiger partial charge in [0, 0.05) is 20.4 Å². The summed E-state index contributed by atoms with van der Waals surface area (Å²) in [6.07, 6.45) is 0. The number of fused-ring (bicyclic) bond motifs is 1. The second-order valence-electron chi connectivity index (χ2n) is 6.52. The lowest BCUT2D eigenvalue weighted by Crippen LogP contribution is -2.40. The smallest absolute Gasteiger partial charge is 0.131 e. The third kappa shape index (κ3) is 2.72. The van der Waals surface area contributed by atoms with E-state index in [1.54, 1.807) is 0 Å². The van der Waals surface area contributed by atoms with E-state index in [4.69, 9.17) is 0 Å². The predicted molar refractivity (Wildman–Crippen MR) is 98.7 cm³/mol. The fourth-order valence-corrected chi connectivity index (χ4v) is 14.2.